The first-order chi connectivity index (χ1) is 12.8. The molecule has 1 rings (SSSR count). The standard InChI is InChI=1S/C23H45NO2/c1-2-3-4-5-6-7-8-9-10-11-12-13-14-15-23(25)26-21-18-22-16-19-24-20-17-22/h22,24H,2-21H2,1H3. The van der Waals surface area contributed by atoms with E-state index < -0.39 is 0 Å². The van der Waals surface area contributed by atoms with Gasteiger partial charge in [0.25, 0.3) is 0 Å². The lowest BCUT2D eigenvalue weighted by atomic mass is 9.95. The SMILES string of the molecule is CCCCCCCCCCCCCCCC(=O)OCCC1CCNCC1. The van der Waals surface area contributed by atoms with Crippen LogP contribution in [0.5, 0.6) is 0 Å². The molecule has 1 fully saturated rings. The molecule has 0 saturated carbocycles. The Morgan fingerprint density at radius 3 is 1.85 bits per heavy atom. The number of carbonyl (C=O) groups excluding carboxylic acids is 1. The summed E-state index contributed by atoms with van der Waals surface area (Å²) in [5.41, 5.74) is 0. The van der Waals surface area contributed by atoms with E-state index in [0.717, 1.165) is 31.8 Å². The number of nitrogens with one attached hydrogen (secondary N) is 1. The van der Waals surface area contributed by atoms with Gasteiger partial charge in [-0.2, -0.15) is 0 Å². The zero-order valence-electron chi connectivity index (χ0n) is 17.5. The summed E-state index contributed by atoms with van der Waals surface area (Å²) in [6.07, 6.45) is 21.6. The molecule has 0 bridgehead atoms. The zero-order valence-corrected chi connectivity index (χ0v) is 17.5. The molecule has 0 amide bonds. The molecule has 3 nitrogen and oxygen atoms in total. The van der Waals surface area contributed by atoms with E-state index in [4.69, 9.17) is 4.74 Å². The van der Waals surface area contributed by atoms with Crippen LogP contribution in [0.3, 0.4) is 0 Å². The molecule has 0 atom stereocenters. The van der Waals surface area contributed by atoms with Crippen LogP contribution in [0.1, 0.15) is 116 Å². The number of hydrogen-bond donors (Lipinski definition) is 1. The Balaban J connectivity index is 1.74. The fourth-order valence-electron chi connectivity index (χ4n) is 3.87. The van der Waals surface area contributed by atoms with Crippen LogP contribution in [0, 0.1) is 5.92 Å². The molecule has 0 unspecified atom stereocenters. The maximum absolute atomic E-state index is 11.8. The molecule has 3 heteroatoms. The molecule has 1 aliphatic rings. The van der Waals surface area contributed by atoms with Gasteiger partial charge in [0.2, 0.25) is 0 Å². The van der Waals surface area contributed by atoms with Crippen molar-refractivity contribution in [2.24, 2.45) is 5.92 Å². The molecule has 154 valence electrons. The zero-order chi connectivity index (χ0) is 18.7. The van der Waals surface area contributed by atoms with Gasteiger partial charge in [-0.15, -0.1) is 0 Å². The number of hydrogen-bond acceptors (Lipinski definition) is 3. The number of ether oxygens (including phenoxy) is 1. The van der Waals surface area contributed by atoms with Gasteiger partial charge in [-0.1, -0.05) is 84.0 Å². The Morgan fingerprint density at radius 1 is 0.808 bits per heavy atom. The summed E-state index contributed by atoms with van der Waals surface area (Å²) in [4.78, 5) is 11.8. The third-order valence-corrected chi connectivity index (χ3v) is 5.73. The number of piperidine rings is 1. The molecule has 1 N–H and O–H groups in total. The normalized spacial score (nSPS) is 15.3. The van der Waals surface area contributed by atoms with E-state index in [1.165, 1.54) is 89.9 Å². The maximum Gasteiger partial charge on any atom is 0.305 e. The van der Waals surface area contributed by atoms with Gasteiger partial charge >= 0.3 is 5.97 Å². The molecule has 0 aromatic carbocycles. The van der Waals surface area contributed by atoms with Gasteiger partial charge in [0.15, 0.2) is 0 Å². The Bertz CT molecular complexity index is 313. The van der Waals surface area contributed by atoms with Gasteiger partial charge in [-0.05, 0) is 44.7 Å². The summed E-state index contributed by atoms with van der Waals surface area (Å²) in [5, 5.41) is 3.37. The van der Waals surface area contributed by atoms with Crippen molar-refractivity contribution in [2.45, 2.75) is 116 Å². The third-order valence-electron chi connectivity index (χ3n) is 5.73. The fraction of sp³-hybridized carbons (Fsp3) is 0.957. The van der Waals surface area contributed by atoms with E-state index in [-0.39, 0.29) is 5.97 Å². The fourth-order valence-corrected chi connectivity index (χ4v) is 3.87. The highest BCUT2D eigenvalue weighted by Gasteiger charge is 2.13. The first kappa shape index (κ1) is 23.5. The second-order valence-corrected chi connectivity index (χ2v) is 8.20. The van der Waals surface area contributed by atoms with Gasteiger partial charge in [0.1, 0.15) is 0 Å². The largest absolute Gasteiger partial charge is 0.466 e. The Hall–Kier alpha value is -0.570. The van der Waals surface area contributed by atoms with E-state index in [2.05, 4.69) is 12.2 Å². The van der Waals surface area contributed by atoms with Crippen LogP contribution in [0.15, 0.2) is 0 Å². The predicted octanol–water partition coefficient (Wildman–Crippen LogP) is 6.40. The van der Waals surface area contributed by atoms with E-state index in [0.29, 0.717) is 13.0 Å². The third kappa shape index (κ3) is 14.6. The smallest absolute Gasteiger partial charge is 0.305 e. The van der Waals surface area contributed by atoms with Crippen LogP contribution in [0.2, 0.25) is 0 Å². The monoisotopic (exact) mass is 367 g/mol. The lowest BCUT2D eigenvalue weighted by molar-refractivity contribution is -0.144. The quantitative estimate of drug-likeness (QED) is 0.239. The van der Waals surface area contributed by atoms with Crippen LogP contribution < -0.4 is 5.32 Å². The van der Waals surface area contributed by atoms with Crippen molar-refractivity contribution in [3.05, 3.63) is 0 Å². The minimum absolute atomic E-state index is 0.0157. The molecule has 0 aromatic heterocycles. The summed E-state index contributed by atoms with van der Waals surface area (Å²) in [7, 11) is 0. The molecule has 0 radical (unpaired) electrons. The van der Waals surface area contributed by atoms with E-state index in [1.54, 1.807) is 0 Å². The van der Waals surface area contributed by atoms with Gasteiger partial charge in [0.05, 0.1) is 6.61 Å². The van der Waals surface area contributed by atoms with Crippen LogP contribution in [-0.2, 0) is 9.53 Å². The highest BCUT2D eigenvalue weighted by Crippen LogP contribution is 2.16. The molecule has 0 spiro atoms. The van der Waals surface area contributed by atoms with E-state index >= 15 is 0 Å². The minimum atomic E-state index is 0.0157. The summed E-state index contributed by atoms with van der Waals surface area (Å²) in [6, 6.07) is 0. The summed E-state index contributed by atoms with van der Waals surface area (Å²) < 4.78 is 5.39. The first-order valence-corrected chi connectivity index (χ1v) is 11.7. The van der Waals surface area contributed by atoms with Crippen molar-refractivity contribution < 1.29 is 9.53 Å². The van der Waals surface area contributed by atoms with E-state index in [9.17, 15) is 4.79 Å². The first-order valence-electron chi connectivity index (χ1n) is 11.7. The molecule has 0 aromatic rings. The predicted molar refractivity (Wildman–Crippen MR) is 111 cm³/mol. The molecule has 1 aliphatic heterocycles. The average molecular weight is 368 g/mol. The molecular weight excluding hydrogens is 322 g/mol. The Kier molecular flexibility index (Phi) is 16.1. The van der Waals surface area contributed by atoms with Gasteiger partial charge in [0, 0.05) is 6.42 Å². The second-order valence-electron chi connectivity index (χ2n) is 8.20. The van der Waals surface area contributed by atoms with Gasteiger partial charge in [-0.3, -0.25) is 4.79 Å². The molecular formula is C23H45NO2. The second kappa shape index (κ2) is 17.8. The van der Waals surface area contributed by atoms with Crippen LogP contribution in [0.4, 0.5) is 0 Å². The number of rotatable bonds is 17. The number of carbonyl (C=O) groups is 1. The molecule has 1 saturated heterocycles. The Labute approximate surface area is 163 Å². The lowest BCUT2D eigenvalue weighted by Gasteiger charge is -2.22. The summed E-state index contributed by atoms with van der Waals surface area (Å²) in [5.74, 6) is 0.766. The van der Waals surface area contributed by atoms with Crippen LogP contribution in [0.25, 0.3) is 0 Å². The number of esters is 1. The highest BCUT2D eigenvalue weighted by molar-refractivity contribution is 5.69. The van der Waals surface area contributed by atoms with E-state index in [1.807, 2.05) is 0 Å². The minimum Gasteiger partial charge on any atom is -0.466 e. The molecule has 26 heavy (non-hydrogen) atoms. The van der Waals surface area contributed by atoms with Crippen LogP contribution in [-0.4, -0.2) is 25.7 Å². The summed E-state index contributed by atoms with van der Waals surface area (Å²) >= 11 is 0. The lowest BCUT2D eigenvalue weighted by Crippen LogP contribution is -2.28. The van der Waals surface area contributed by atoms with Gasteiger partial charge in [-0.25, -0.2) is 0 Å². The van der Waals surface area contributed by atoms with Crippen LogP contribution >= 0.6 is 0 Å². The Morgan fingerprint density at radius 2 is 1.31 bits per heavy atom. The average Bonchev–Trinajstić information content (AvgIpc) is 2.66. The van der Waals surface area contributed by atoms with Crippen molar-refractivity contribution in [2.75, 3.05) is 19.7 Å². The van der Waals surface area contributed by atoms with Crippen molar-refractivity contribution in [1.29, 1.82) is 0 Å². The van der Waals surface area contributed by atoms with Gasteiger partial charge < -0.3 is 10.1 Å². The topological polar surface area (TPSA) is 38.3 Å². The molecule has 1 heterocycles. The summed E-state index contributed by atoms with van der Waals surface area (Å²) in [6.45, 7) is 5.15. The van der Waals surface area contributed by atoms with Crippen molar-refractivity contribution >= 4 is 5.97 Å². The van der Waals surface area contributed by atoms with Crippen molar-refractivity contribution in [3.8, 4) is 0 Å². The molecule has 0 aliphatic carbocycles. The van der Waals surface area contributed by atoms with Crippen molar-refractivity contribution in [1.82, 2.24) is 5.32 Å². The highest BCUT2D eigenvalue weighted by atomic mass is 16.5. The maximum atomic E-state index is 11.8. The van der Waals surface area contributed by atoms with Crippen molar-refractivity contribution in [3.63, 3.8) is 0 Å². The number of unbranched alkanes of at least 4 members (excludes halogenated alkanes) is 12.